The van der Waals surface area contributed by atoms with E-state index in [2.05, 4.69) is 0 Å². The maximum Gasteiger partial charge on any atom is 0.426 e. The normalized spacial score (nSPS) is 31.0. The van der Waals surface area contributed by atoms with Gasteiger partial charge >= 0.3 is 18.3 Å². The Morgan fingerprint density at radius 2 is 1.59 bits per heavy atom. The van der Waals surface area contributed by atoms with Gasteiger partial charge in [0.25, 0.3) is 5.60 Å². The molecule has 2 saturated carbocycles. The number of carbonyl (C=O) groups is 1. The third-order valence-corrected chi connectivity index (χ3v) is 7.31. The van der Waals surface area contributed by atoms with Crippen LogP contribution in [0.2, 0.25) is 0 Å². The molecule has 2 fully saturated rings. The summed E-state index contributed by atoms with van der Waals surface area (Å²) >= 11 is 1.96. The van der Waals surface area contributed by atoms with Gasteiger partial charge in [-0.05, 0) is 62.7 Å². The zero-order valence-electron chi connectivity index (χ0n) is 15.0. The van der Waals surface area contributed by atoms with E-state index in [-0.39, 0.29) is 24.9 Å². The highest BCUT2D eigenvalue weighted by Crippen LogP contribution is 2.57. The Kier molecular flexibility index (Phi) is 6.42. The fourth-order valence-corrected chi connectivity index (χ4v) is 4.48. The van der Waals surface area contributed by atoms with Crippen molar-refractivity contribution in [2.75, 3.05) is 6.61 Å². The fourth-order valence-electron chi connectivity index (χ4n) is 4.32. The molecular formula is C17H23F6IO3. The molecule has 0 amide bonds. The standard InChI is InChI=1S/C17H23F6IO3/c1-3-14(2,24)13(25)27-8-11-5-9-4-10(12(11)6-9)7-15(26,16(18,19)20)17(21,22)23/h9-12,26H,3-8H2,1-2H3. The molecule has 0 heterocycles. The predicted octanol–water partition coefficient (Wildman–Crippen LogP) is 5.04. The van der Waals surface area contributed by atoms with Crippen molar-refractivity contribution >= 4 is 28.6 Å². The van der Waals surface area contributed by atoms with Gasteiger partial charge in [-0.2, -0.15) is 26.3 Å². The van der Waals surface area contributed by atoms with Crippen molar-refractivity contribution in [2.24, 2.45) is 23.7 Å². The molecule has 3 nitrogen and oxygen atoms in total. The number of aliphatic hydroxyl groups is 1. The lowest BCUT2D eigenvalue weighted by Gasteiger charge is -2.38. The van der Waals surface area contributed by atoms with E-state index >= 15 is 0 Å². The molecule has 1 N–H and O–H groups in total. The third kappa shape index (κ3) is 4.51. The third-order valence-electron chi connectivity index (χ3n) is 6.10. The van der Waals surface area contributed by atoms with Crippen LogP contribution in [0.5, 0.6) is 0 Å². The van der Waals surface area contributed by atoms with Gasteiger partial charge in [0, 0.05) is 0 Å². The van der Waals surface area contributed by atoms with Gasteiger partial charge in [-0.25, -0.2) is 0 Å². The Labute approximate surface area is 167 Å². The predicted molar refractivity (Wildman–Crippen MR) is 93.2 cm³/mol. The molecule has 10 heteroatoms. The van der Waals surface area contributed by atoms with E-state index in [1.54, 1.807) is 6.92 Å². The summed E-state index contributed by atoms with van der Waals surface area (Å²) in [6.07, 6.45) is -11.1. The van der Waals surface area contributed by atoms with Crippen LogP contribution in [0.3, 0.4) is 0 Å². The van der Waals surface area contributed by atoms with E-state index in [0.29, 0.717) is 19.3 Å². The van der Waals surface area contributed by atoms with E-state index in [1.807, 2.05) is 29.5 Å². The maximum absolute atomic E-state index is 13.0. The molecule has 0 aliphatic heterocycles. The van der Waals surface area contributed by atoms with Gasteiger partial charge in [-0.3, -0.25) is 4.79 Å². The van der Waals surface area contributed by atoms with Gasteiger partial charge < -0.3 is 9.84 Å². The number of ether oxygens (including phenoxy) is 1. The Hall–Kier alpha value is -0.260. The number of esters is 1. The highest BCUT2D eigenvalue weighted by atomic mass is 127. The number of hydrogen-bond donors (Lipinski definition) is 1. The van der Waals surface area contributed by atoms with Crippen LogP contribution in [0.1, 0.15) is 46.0 Å². The van der Waals surface area contributed by atoms with E-state index in [0.717, 1.165) is 0 Å². The number of fused-ring (bicyclic) bond motifs is 2. The monoisotopic (exact) mass is 516 g/mol. The molecule has 5 unspecified atom stereocenters. The minimum absolute atomic E-state index is 0.00609. The quantitative estimate of drug-likeness (QED) is 0.233. The number of alkyl halides is 7. The zero-order valence-corrected chi connectivity index (χ0v) is 17.1. The molecule has 27 heavy (non-hydrogen) atoms. The van der Waals surface area contributed by atoms with Crippen LogP contribution in [-0.4, -0.2) is 39.1 Å². The van der Waals surface area contributed by atoms with Crippen LogP contribution in [0.25, 0.3) is 0 Å². The second-order valence-electron chi connectivity index (χ2n) is 7.97. The Morgan fingerprint density at radius 3 is 2.04 bits per heavy atom. The second kappa shape index (κ2) is 7.53. The second-order valence-corrected chi connectivity index (χ2v) is 10.3. The number of halogens is 7. The summed E-state index contributed by atoms with van der Waals surface area (Å²) in [5, 5.41) is 9.48. The lowest BCUT2D eigenvalue weighted by atomic mass is 9.75. The molecule has 0 spiro atoms. The molecule has 0 aromatic heterocycles. The molecule has 0 radical (unpaired) electrons. The summed E-state index contributed by atoms with van der Waals surface area (Å²) in [7, 11) is 0. The van der Waals surface area contributed by atoms with E-state index < -0.39 is 45.6 Å². The van der Waals surface area contributed by atoms with Crippen molar-refractivity contribution in [1.82, 2.24) is 0 Å². The topological polar surface area (TPSA) is 46.5 Å². The van der Waals surface area contributed by atoms with Gasteiger partial charge in [-0.15, -0.1) is 0 Å². The molecule has 158 valence electrons. The van der Waals surface area contributed by atoms with Gasteiger partial charge in [0.1, 0.15) is 3.42 Å². The van der Waals surface area contributed by atoms with Crippen LogP contribution < -0.4 is 0 Å². The van der Waals surface area contributed by atoms with E-state index in [1.165, 1.54) is 0 Å². The molecular weight excluding hydrogens is 493 g/mol. The summed E-state index contributed by atoms with van der Waals surface area (Å²) in [5.41, 5.74) is -4.71. The van der Waals surface area contributed by atoms with E-state index in [9.17, 15) is 36.2 Å². The molecule has 0 saturated heterocycles. The molecule has 2 aliphatic carbocycles. The van der Waals surface area contributed by atoms with Gasteiger partial charge in [0.2, 0.25) is 0 Å². The molecule has 2 bridgehead atoms. The molecule has 0 aromatic carbocycles. The number of hydrogen-bond acceptors (Lipinski definition) is 3. The van der Waals surface area contributed by atoms with Crippen molar-refractivity contribution in [3.05, 3.63) is 0 Å². The van der Waals surface area contributed by atoms with Crippen LogP contribution in [0.4, 0.5) is 26.3 Å². The van der Waals surface area contributed by atoms with Crippen molar-refractivity contribution in [2.45, 2.75) is 67.3 Å². The smallest absolute Gasteiger partial charge is 0.426 e. The lowest BCUT2D eigenvalue weighted by molar-refractivity contribution is -0.373. The highest BCUT2D eigenvalue weighted by molar-refractivity contribution is 14.1. The average Bonchev–Trinajstić information content (AvgIpc) is 3.09. The van der Waals surface area contributed by atoms with Crippen molar-refractivity contribution in [3.8, 4) is 0 Å². The van der Waals surface area contributed by atoms with Crippen molar-refractivity contribution in [3.63, 3.8) is 0 Å². The first-order chi connectivity index (χ1) is 12.1. The summed E-state index contributed by atoms with van der Waals surface area (Å²) in [6, 6.07) is 0. The highest BCUT2D eigenvalue weighted by Gasteiger charge is 2.71. The minimum atomic E-state index is -5.79. The summed E-state index contributed by atoms with van der Waals surface area (Å²) in [5.74, 6) is -2.02. The first-order valence-corrected chi connectivity index (χ1v) is 9.92. The summed E-state index contributed by atoms with van der Waals surface area (Å²) in [4.78, 5) is 12.1. The average molecular weight is 516 g/mol. The lowest BCUT2D eigenvalue weighted by Crippen LogP contribution is -2.58. The molecule has 2 aliphatic rings. The fraction of sp³-hybridized carbons (Fsp3) is 0.941. The minimum Gasteiger partial charge on any atom is -0.464 e. The summed E-state index contributed by atoms with van der Waals surface area (Å²) < 4.78 is 82.4. The largest absolute Gasteiger partial charge is 0.464 e. The maximum atomic E-state index is 13.0. The van der Waals surface area contributed by atoms with Gasteiger partial charge in [0.15, 0.2) is 0 Å². The number of carbonyl (C=O) groups excluding carboxylic acids is 1. The van der Waals surface area contributed by atoms with Crippen LogP contribution in [0, 0.1) is 23.7 Å². The van der Waals surface area contributed by atoms with E-state index in [4.69, 9.17) is 4.74 Å². The van der Waals surface area contributed by atoms with Crippen molar-refractivity contribution in [1.29, 1.82) is 0 Å². The molecule has 2 rings (SSSR count). The van der Waals surface area contributed by atoms with Crippen LogP contribution >= 0.6 is 22.6 Å². The first-order valence-electron chi connectivity index (χ1n) is 8.84. The first kappa shape index (κ1) is 23.0. The van der Waals surface area contributed by atoms with Crippen LogP contribution in [0.15, 0.2) is 0 Å². The van der Waals surface area contributed by atoms with Crippen LogP contribution in [-0.2, 0) is 9.53 Å². The SMILES string of the molecule is CCC(C)(I)C(=O)OCC1CC2CC(CC(O)(C(F)(F)F)C(F)(F)F)C1C2. The Balaban J connectivity index is 2.06. The molecule has 5 atom stereocenters. The van der Waals surface area contributed by atoms with Gasteiger partial charge in [0.05, 0.1) is 6.61 Å². The Bertz CT molecular complexity index is 546. The summed E-state index contributed by atoms with van der Waals surface area (Å²) in [6.45, 7) is 3.51. The number of rotatable bonds is 6. The van der Waals surface area contributed by atoms with Crippen molar-refractivity contribution < 1.29 is 41.0 Å². The Morgan fingerprint density at radius 1 is 1.07 bits per heavy atom. The van der Waals surface area contributed by atoms with Gasteiger partial charge in [-0.1, -0.05) is 29.5 Å². The molecule has 0 aromatic rings. The zero-order chi connectivity index (χ0) is 20.8.